The van der Waals surface area contributed by atoms with Gasteiger partial charge in [0, 0.05) is 11.1 Å². The first-order chi connectivity index (χ1) is 15.8. The van der Waals surface area contributed by atoms with Gasteiger partial charge in [0.2, 0.25) is 0 Å². The van der Waals surface area contributed by atoms with Crippen molar-refractivity contribution in [2.75, 3.05) is 12.0 Å². The molecule has 166 valence electrons. The minimum Gasteiger partial charge on any atom is -0.545 e. The Morgan fingerprint density at radius 2 is 1.85 bits per heavy atom. The number of ether oxygens (including phenoxy) is 1. The third-order valence-corrected chi connectivity index (χ3v) is 5.45. The molecule has 2 amide bonds. The van der Waals surface area contributed by atoms with Crippen LogP contribution in [0.1, 0.15) is 21.7 Å². The van der Waals surface area contributed by atoms with E-state index >= 15 is 0 Å². The van der Waals surface area contributed by atoms with Crippen molar-refractivity contribution in [1.82, 2.24) is 5.32 Å². The van der Waals surface area contributed by atoms with Crippen LogP contribution < -0.4 is 20.1 Å². The van der Waals surface area contributed by atoms with Crippen LogP contribution in [-0.2, 0) is 9.59 Å². The van der Waals surface area contributed by atoms with Crippen LogP contribution in [0.4, 0.5) is 5.69 Å². The molecule has 8 nitrogen and oxygen atoms in total. The molecule has 3 aromatic rings. The number of nitrogens with zero attached hydrogens (tertiary/aromatic N) is 1. The Balaban J connectivity index is 1.67. The number of furan rings is 1. The van der Waals surface area contributed by atoms with Crippen molar-refractivity contribution in [3.8, 4) is 17.1 Å². The lowest BCUT2D eigenvalue weighted by molar-refractivity contribution is -0.255. The zero-order chi connectivity index (χ0) is 23.7. The largest absolute Gasteiger partial charge is 0.545 e. The maximum Gasteiger partial charge on any atom is 0.270 e. The molecule has 0 bridgehead atoms. The summed E-state index contributed by atoms with van der Waals surface area (Å²) in [6.07, 6.45) is 1.32. The zero-order valence-corrected chi connectivity index (χ0v) is 18.4. The number of rotatable bonds is 5. The first-order valence-electron chi connectivity index (χ1n) is 9.77. The predicted molar refractivity (Wildman–Crippen MR) is 122 cm³/mol. The highest BCUT2D eigenvalue weighted by Crippen LogP contribution is 2.29. The lowest BCUT2D eigenvalue weighted by Crippen LogP contribution is -2.54. The maximum absolute atomic E-state index is 13.1. The second-order valence-corrected chi connectivity index (χ2v) is 7.51. The second kappa shape index (κ2) is 8.71. The summed E-state index contributed by atoms with van der Waals surface area (Å²) in [6, 6.07) is 14.6. The second-order valence-electron chi connectivity index (χ2n) is 7.12. The van der Waals surface area contributed by atoms with Crippen molar-refractivity contribution in [3.63, 3.8) is 0 Å². The molecule has 2 aromatic carbocycles. The van der Waals surface area contributed by atoms with Gasteiger partial charge in [-0.05, 0) is 67.2 Å². The van der Waals surface area contributed by atoms with Gasteiger partial charge in [-0.1, -0.05) is 18.2 Å². The summed E-state index contributed by atoms with van der Waals surface area (Å²) >= 11 is 5.20. The number of carbonyl (C=O) groups excluding carboxylic acids is 3. The molecule has 1 saturated heterocycles. The van der Waals surface area contributed by atoms with Crippen LogP contribution in [0.2, 0.25) is 0 Å². The Labute approximate surface area is 194 Å². The van der Waals surface area contributed by atoms with Gasteiger partial charge in [0.15, 0.2) is 5.11 Å². The van der Waals surface area contributed by atoms with Crippen molar-refractivity contribution >= 4 is 46.9 Å². The SMILES string of the molecule is COc1ccc(N2C(=O)/C(=C\c3ccc(-c4cccc(C(=O)[O-])c4C)o3)C(=O)NC2=S)cc1. The van der Waals surface area contributed by atoms with E-state index in [-0.39, 0.29) is 22.0 Å². The molecule has 0 radical (unpaired) electrons. The summed E-state index contributed by atoms with van der Waals surface area (Å²) in [5.74, 6) is -1.32. The Hall–Kier alpha value is -4.24. The van der Waals surface area contributed by atoms with Crippen molar-refractivity contribution in [3.05, 3.63) is 77.1 Å². The molecule has 2 heterocycles. The van der Waals surface area contributed by atoms with E-state index in [2.05, 4.69) is 5.32 Å². The van der Waals surface area contributed by atoms with Crippen LogP contribution >= 0.6 is 12.2 Å². The molecule has 0 unspecified atom stereocenters. The first-order valence-corrected chi connectivity index (χ1v) is 10.2. The topological polar surface area (TPSA) is 112 Å². The minimum atomic E-state index is -1.29. The zero-order valence-electron chi connectivity index (χ0n) is 17.6. The lowest BCUT2D eigenvalue weighted by Gasteiger charge is -2.28. The number of hydrogen-bond acceptors (Lipinski definition) is 7. The fraction of sp³-hybridized carbons (Fsp3) is 0.0833. The van der Waals surface area contributed by atoms with Gasteiger partial charge in [-0.25, -0.2) is 0 Å². The van der Waals surface area contributed by atoms with Gasteiger partial charge in [0.1, 0.15) is 22.8 Å². The van der Waals surface area contributed by atoms with E-state index in [0.717, 1.165) is 0 Å². The molecular weight excluding hydrogens is 444 g/mol. The van der Waals surface area contributed by atoms with Crippen LogP contribution in [0.5, 0.6) is 5.75 Å². The number of methoxy groups -OCH3 is 1. The molecule has 0 atom stereocenters. The van der Waals surface area contributed by atoms with Crippen molar-refractivity contribution in [2.45, 2.75) is 6.92 Å². The molecule has 1 fully saturated rings. The van der Waals surface area contributed by atoms with E-state index in [9.17, 15) is 19.5 Å². The third-order valence-electron chi connectivity index (χ3n) is 5.16. The number of carbonyl (C=O) groups is 3. The maximum atomic E-state index is 13.1. The van der Waals surface area contributed by atoms with Gasteiger partial charge < -0.3 is 19.1 Å². The number of thiocarbonyl (C=S) groups is 1. The van der Waals surface area contributed by atoms with Crippen LogP contribution in [0, 0.1) is 6.92 Å². The summed E-state index contributed by atoms with van der Waals surface area (Å²) in [4.78, 5) is 38.1. The number of carboxylic acids is 1. The summed E-state index contributed by atoms with van der Waals surface area (Å²) in [5.41, 5.74) is 1.39. The third kappa shape index (κ3) is 4.13. The average molecular weight is 461 g/mol. The Bertz CT molecular complexity index is 1320. The molecular formula is C24H17N2O6S-. The number of aromatic carboxylic acids is 1. The molecule has 1 N–H and O–H groups in total. The number of hydrogen-bond donors (Lipinski definition) is 1. The summed E-state index contributed by atoms with van der Waals surface area (Å²) < 4.78 is 10.9. The number of amides is 2. The molecule has 1 aliphatic rings. The lowest BCUT2D eigenvalue weighted by atomic mass is 10.0. The highest BCUT2D eigenvalue weighted by molar-refractivity contribution is 7.80. The fourth-order valence-corrected chi connectivity index (χ4v) is 3.75. The van der Waals surface area contributed by atoms with Crippen molar-refractivity contribution in [2.24, 2.45) is 0 Å². The summed E-state index contributed by atoms with van der Waals surface area (Å²) in [6.45, 7) is 1.65. The standard InChI is InChI=1S/C24H18N2O6S/c1-13-17(4-3-5-18(13)23(29)30)20-11-10-16(32-20)12-19-21(27)25-24(33)26(22(19)28)14-6-8-15(31-2)9-7-14/h3-12H,1-2H3,(H,29,30)(H,25,27,33)/p-1/b19-12-. The highest BCUT2D eigenvalue weighted by atomic mass is 32.1. The number of benzene rings is 2. The number of carboxylic acid groups (broad SMARTS) is 1. The van der Waals surface area contributed by atoms with E-state index in [1.165, 1.54) is 24.2 Å². The van der Waals surface area contributed by atoms with E-state index in [4.69, 9.17) is 21.4 Å². The van der Waals surface area contributed by atoms with Crippen molar-refractivity contribution < 1.29 is 28.6 Å². The molecule has 0 spiro atoms. The van der Waals surface area contributed by atoms with Gasteiger partial charge in [-0.3, -0.25) is 19.8 Å². The van der Waals surface area contributed by atoms with Gasteiger partial charge in [0.25, 0.3) is 11.8 Å². The normalized spacial score (nSPS) is 15.0. The van der Waals surface area contributed by atoms with E-state index in [0.29, 0.717) is 28.3 Å². The Morgan fingerprint density at radius 1 is 1.12 bits per heavy atom. The van der Waals surface area contributed by atoms with Crippen LogP contribution in [0.25, 0.3) is 17.4 Å². The Morgan fingerprint density at radius 3 is 2.52 bits per heavy atom. The molecule has 1 aliphatic heterocycles. The molecule has 0 saturated carbocycles. The van der Waals surface area contributed by atoms with Gasteiger partial charge in [-0.15, -0.1) is 0 Å². The van der Waals surface area contributed by atoms with Gasteiger partial charge >= 0.3 is 0 Å². The fourth-order valence-electron chi connectivity index (χ4n) is 3.46. The van der Waals surface area contributed by atoms with E-state index in [1.807, 2.05) is 0 Å². The number of nitrogens with one attached hydrogen (secondary N) is 1. The summed E-state index contributed by atoms with van der Waals surface area (Å²) in [5, 5.41) is 13.8. The van der Waals surface area contributed by atoms with Gasteiger partial charge in [-0.2, -0.15) is 0 Å². The van der Waals surface area contributed by atoms with Crippen LogP contribution in [0.15, 0.2) is 64.6 Å². The van der Waals surface area contributed by atoms with Crippen LogP contribution in [-0.4, -0.2) is 30.0 Å². The molecule has 9 heteroatoms. The molecule has 4 rings (SSSR count). The predicted octanol–water partition coefficient (Wildman–Crippen LogP) is 2.46. The van der Waals surface area contributed by atoms with E-state index < -0.39 is 17.8 Å². The van der Waals surface area contributed by atoms with Crippen molar-refractivity contribution in [1.29, 1.82) is 0 Å². The minimum absolute atomic E-state index is 0.0397. The molecule has 33 heavy (non-hydrogen) atoms. The molecule has 0 aliphatic carbocycles. The van der Waals surface area contributed by atoms with E-state index in [1.54, 1.807) is 55.5 Å². The highest BCUT2D eigenvalue weighted by Gasteiger charge is 2.34. The number of anilines is 1. The first kappa shape index (κ1) is 22.0. The smallest absolute Gasteiger partial charge is 0.270 e. The average Bonchev–Trinajstić information content (AvgIpc) is 3.25. The van der Waals surface area contributed by atoms with Gasteiger partial charge in [0.05, 0.1) is 18.8 Å². The Kier molecular flexibility index (Phi) is 5.80. The van der Waals surface area contributed by atoms with Crippen LogP contribution in [0.3, 0.4) is 0 Å². The monoisotopic (exact) mass is 461 g/mol. The quantitative estimate of drug-likeness (QED) is 0.353. The molecule has 1 aromatic heterocycles. The summed E-state index contributed by atoms with van der Waals surface area (Å²) in [7, 11) is 1.53.